The zero-order valence-electron chi connectivity index (χ0n) is 11.8. The molecule has 0 bridgehead atoms. The van der Waals surface area contributed by atoms with Crippen molar-refractivity contribution >= 4 is 10.8 Å². The first-order valence-corrected chi connectivity index (χ1v) is 7.56. The molecular formula is C18H20F2. The average Bonchev–Trinajstić information content (AvgIpc) is 2.51. The Balaban J connectivity index is 1.88. The molecule has 0 aliphatic heterocycles. The third kappa shape index (κ3) is 2.44. The first-order valence-electron chi connectivity index (χ1n) is 7.56. The zero-order chi connectivity index (χ0) is 14.1. The van der Waals surface area contributed by atoms with Crippen LogP contribution in [0.3, 0.4) is 0 Å². The fourth-order valence-electron chi connectivity index (χ4n) is 3.44. The molecule has 1 saturated carbocycles. The predicted octanol–water partition coefficient (Wildman–Crippen LogP) is 5.80. The fraction of sp³-hybridized carbons (Fsp3) is 0.444. The van der Waals surface area contributed by atoms with Crippen LogP contribution in [0.15, 0.2) is 30.3 Å². The summed E-state index contributed by atoms with van der Waals surface area (Å²) in [7, 11) is 0. The molecule has 2 aromatic carbocycles. The first kappa shape index (κ1) is 13.5. The Morgan fingerprint density at radius 3 is 2.45 bits per heavy atom. The van der Waals surface area contributed by atoms with Crippen LogP contribution in [-0.4, -0.2) is 0 Å². The van der Waals surface area contributed by atoms with Gasteiger partial charge in [-0.2, -0.15) is 0 Å². The van der Waals surface area contributed by atoms with E-state index >= 15 is 0 Å². The van der Waals surface area contributed by atoms with Crippen molar-refractivity contribution < 1.29 is 8.78 Å². The van der Waals surface area contributed by atoms with E-state index in [1.54, 1.807) is 12.1 Å². The molecule has 0 saturated heterocycles. The van der Waals surface area contributed by atoms with Crippen LogP contribution in [-0.2, 0) is 0 Å². The quantitative estimate of drug-likeness (QED) is 0.649. The Kier molecular flexibility index (Phi) is 3.73. The van der Waals surface area contributed by atoms with Gasteiger partial charge in [0.05, 0.1) is 0 Å². The van der Waals surface area contributed by atoms with Crippen molar-refractivity contribution in [3.63, 3.8) is 0 Å². The summed E-state index contributed by atoms with van der Waals surface area (Å²) < 4.78 is 26.9. The van der Waals surface area contributed by atoms with Crippen LogP contribution in [0.25, 0.3) is 10.8 Å². The molecule has 106 valence electrons. The number of hydrogen-bond acceptors (Lipinski definition) is 0. The van der Waals surface area contributed by atoms with E-state index in [-0.39, 0.29) is 0 Å². The summed E-state index contributed by atoms with van der Waals surface area (Å²) in [6.45, 7) is 2.26. The van der Waals surface area contributed by atoms with Crippen molar-refractivity contribution in [2.45, 2.75) is 44.9 Å². The van der Waals surface area contributed by atoms with Gasteiger partial charge in [-0.25, -0.2) is 8.78 Å². The smallest absolute Gasteiger partial charge is 0.166 e. The van der Waals surface area contributed by atoms with E-state index in [1.807, 2.05) is 12.1 Å². The molecule has 0 amide bonds. The van der Waals surface area contributed by atoms with E-state index in [1.165, 1.54) is 43.7 Å². The second kappa shape index (κ2) is 5.51. The van der Waals surface area contributed by atoms with Crippen LogP contribution in [0.2, 0.25) is 0 Å². The van der Waals surface area contributed by atoms with E-state index < -0.39 is 11.6 Å². The summed E-state index contributed by atoms with van der Waals surface area (Å²) in [6.07, 6.45) is 6.28. The van der Waals surface area contributed by atoms with E-state index in [0.29, 0.717) is 11.3 Å². The molecule has 1 fully saturated rings. The highest BCUT2D eigenvalue weighted by Gasteiger charge is 2.21. The normalized spacial score (nSPS) is 23.1. The van der Waals surface area contributed by atoms with Crippen LogP contribution in [0, 0.1) is 17.6 Å². The number of hydrogen-bond donors (Lipinski definition) is 0. The largest absolute Gasteiger partial charge is 0.204 e. The molecule has 0 radical (unpaired) electrons. The third-order valence-corrected chi connectivity index (χ3v) is 4.83. The summed E-state index contributed by atoms with van der Waals surface area (Å²) >= 11 is 0. The molecule has 1 aliphatic carbocycles. The molecule has 2 heteroatoms. The molecule has 0 unspecified atom stereocenters. The molecule has 0 spiro atoms. The van der Waals surface area contributed by atoms with E-state index in [9.17, 15) is 8.78 Å². The second-order valence-electron chi connectivity index (χ2n) is 5.97. The van der Waals surface area contributed by atoms with Gasteiger partial charge in [0.15, 0.2) is 11.6 Å². The molecule has 3 rings (SSSR count). The van der Waals surface area contributed by atoms with E-state index in [2.05, 4.69) is 6.92 Å². The van der Waals surface area contributed by atoms with Gasteiger partial charge < -0.3 is 0 Å². The Bertz CT molecular complexity index is 610. The van der Waals surface area contributed by atoms with Crippen LogP contribution in [0.4, 0.5) is 8.78 Å². The van der Waals surface area contributed by atoms with Crippen molar-refractivity contribution in [2.75, 3.05) is 0 Å². The topological polar surface area (TPSA) is 0 Å². The summed E-state index contributed by atoms with van der Waals surface area (Å²) in [5.74, 6) is -0.0500. The van der Waals surface area contributed by atoms with Crippen LogP contribution < -0.4 is 0 Å². The molecule has 2 aromatic rings. The van der Waals surface area contributed by atoms with Gasteiger partial charge in [0, 0.05) is 5.39 Å². The van der Waals surface area contributed by atoms with Crippen LogP contribution in [0.1, 0.15) is 50.5 Å². The van der Waals surface area contributed by atoms with Gasteiger partial charge in [-0.3, -0.25) is 0 Å². The minimum absolute atomic E-state index is 0.385. The Morgan fingerprint density at radius 2 is 1.75 bits per heavy atom. The molecule has 20 heavy (non-hydrogen) atoms. The highest BCUT2D eigenvalue weighted by molar-refractivity contribution is 5.84. The average molecular weight is 274 g/mol. The minimum Gasteiger partial charge on any atom is -0.204 e. The van der Waals surface area contributed by atoms with Gasteiger partial charge in [-0.1, -0.05) is 37.6 Å². The lowest BCUT2D eigenvalue weighted by molar-refractivity contribution is 0.319. The first-order chi connectivity index (χ1) is 9.69. The maximum absolute atomic E-state index is 13.7. The van der Waals surface area contributed by atoms with Gasteiger partial charge in [0.1, 0.15) is 0 Å². The van der Waals surface area contributed by atoms with Crippen molar-refractivity contribution in [1.82, 2.24) is 0 Å². The third-order valence-electron chi connectivity index (χ3n) is 4.83. The summed E-state index contributed by atoms with van der Waals surface area (Å²) in [6, 6.07) is 8.63. The Labute approximate surface area is 118 Å². The zero-order valence-corrected chi connectivity index (χ0v) is 11.8. The predicted molar refractivity (Wildman–Crippen MR) is 78.9 cm³/mol. The van der Waals surface area contributed by atoms with Crippen molar-refractivity contribution in [3.05, 3.63) is 47.5 Å². The maximum Gasteiger partial charge on any atom is 0.166 e. The lowest BCUT2D eigenvalue weighted by atomic mass is 9.77. The highest BCUT2D eigenvalue weighted by Crippen LogP contribution is 2.38. The molecule has 1 aliphatic rings. The minimum atomic E-state index is -0.770. The molecule has 0 atom stereocenters. The molecule has 0 N–H and O–H groups in total. The van der Waals surface area contributed by atoms with Gasteiger partial charge in [0.2, 0.25) is 0 Å². The van der Waals surface area contributed by atoms with Crippen molar-refractivity contribution in [1.29, 1.82) is 0 Å². The highest BCUT2D eigenvalue weighted by atomic mass is 19.2. The molecule has 0 aromatic heterocycles. The number of benzene rings is 2. The Morgan fingerprint density at radius 1 is 1.00 bits per heavy atom. The van der Waals surface area contributed by atoms with Gasteiger partial charge in [0.25, 0.3) is 0 Å². The second-order valence-corrected chi connectivity index (χ2v) is 5.97. The lowest BCUT2D eigenvalue weighted by Crippen LogP contribution is -2.12. The Hall–Kier alpha value is -1.44. The van der Waals surface area contributed by atoms with Crippen molar-refractivity contribution in [3.8, 4) is 0 Å². The van der Waals surface area contributed by atoms with Gasteiger partial charge in [-0.05, 0) is 54.5 Å². The molecular weight excluding hydrogens is 254 g/mol. The van der Waals surface area contributed by atoms with E-state index in [4.69, 9.17) is 0 Å². The molecule has 0 nitrogen and oxygen atoms in total. The fourth-order valence-corrected chi connectivity index (χ4v) is 3.44. The lowest BCUT2D eigenvalue weighted by Gasteiger charge is -2.28. The van der Waals surface area contributed by atoms with Crippen molar-refractivity contribution in [2.24, 2.45) is 5.92 Å². The summed E-state index contributed by atoms with van der Waals surface area (Å²) in [5, 5.41) is 1.19. The summed E-state index contributed by atoms with van der Waals surface area (Å²) in [5.41, 5.74) is 1.28. The number of rotatable bonds is 2. The SMILES string of the molecule is CCC1CCC(c2ccc3c(F)c(F)ccc3c2)CC1. The molecule has 0 heterocycles. The number of halogens is 2. The van der Waals surface area contributed by atoms with Crippen LogP contribution >= 0.6 is 0 Å². The van der Waals surface area contributed by atoms with E-state index in [0.717, 1.165) is 11.3 Å². The van der Waals surface area contributed by atoms with Gasteiger partial charge >= 0.3 is 0 Å². The van der Waals surface area contributed by atoms with Crippen LogP contribution in [0.5, 0.6) is 0 Å². The number of fused-ring (bicyclic) bond motifs is 1. The maximum atomic E-state index is 13.7. The monoisotopic (exact) mass is 274 g/mol. The standard InChI is InChI=1S/C18H20F2/c1-2-12-3-5-13(6-4-12)14-7-9-16-15(11-14)8-10-17(19)18(16)20/h7-13H,2-6H2,1H3. The van der Waals surface area contributed by atoms with Gasteiger partial charge in [-0.15, -0.1) is 0 Å². The summed E-state index contributed by atoms with van der Waals surface area (Å²) in [4.78, 5) is 0.